The van der Waals surface area contributed by atoms with Gasteiger partial charge in [-0.25, -0.2) is 4.39 Å². The van der Waals surface area contributed by atoms with Crippen molar-refractivity contribution < 1.29 is 4.39 Å². The maximum atomic E-state index is 14.4. The van der Waals surface area contributed by atoms with Crippen LogP contribution in [0.4, 0.5) is 4.39 Å². The summed E-state index contributed by atoms with van der Waals surface area (Å²) >= 11 is 3.55. The molecule has 1 N–H and O–H groups in total. The van der Waals surface area contributed by atoms with E-state index in [4.69, 9.17) is 0 Å². The van der Waals surface area contributed by atoms with Gasteiger partial charge in [-0.05, 0) is 61.7 Å². The van der Waals surface area contributed by atoms with Gasteiger partial charge in [0.25, 0.3) is 0 Å². The minimum Gasteiger partial charge on any atom is -0.306 e. The monoisotopic (exact) mass is 349 g/mol. The van der Waals surface area contributed by atoms with Gasteiger partial charge in [0.1, 0.15) is 5.82 Å². The van der Waals surface area contributed by atoms with E-state index in [9.17, 15) is 4.39 Å². The van der Waals surface area contributed by atoms with Crippen molar-refractivity contribution in [2.24, 2.45) is 0 Å². The molecular formula is C18H21BrFN. The maximum absolute atomic E-state index is 14.4. The Balaban J connectivity index is 2.55. The Kier molecular flexibility index (Phi) is 5.17. The smallest absolute Gasteiger partial charge is 0.128 e. The van der Waals surface area contributed by atoms with Crippen molar-refractivity contribution in [3.8, 4) is 0 Å². The molecule has 21 heavy (non-hydrogen) atoms. The van der Waals surface area contributed by atoms with Crippen LogP contribution in [0.15, 0.2) is 34.8 Å². The molecule has 1 atom stereocenters. The molecule has 2 aromatic carbocycles. The van der Waals surface area contributed by atoms with Crippen molar-refractivity contribution in [1.82, 2.24) is 5.32 Å². The number of hydrogen-bond donors (Lipinski definition) is 1. The highest BCUT2D eigenvalue weighted by molar-refractivity contribution is 9.10. The van der Waals surface area contributed by atoms with Crippen LogP contribution in [0.1, 0.15) is 40.8 Å². The first-order valence-electron chi connectivity index (χ1n) is 7.20. The molecule has 3 heteroatoms. The summed E-state index contributed by atoms with van der Waals surface area (Å²) in [5.74, 6) is -0.152. The fraction of sp³-hybridized carbons (Fsp3) is 0.333. The van der Waals surface area contributed by atoms with E-state index in [0.29, 0.717) is 5.56 Å². The second kappa shape index (κ2) is 6.71. The van der Waals surface area contributed by atoms with Crippen LogP contribution >= 0.6 is 15.9 Å². The number of halogens is 2. The van der Waals surface area contributed by atoms with E-state index in [-0.39, 0.29) is 11.9 Å². The average Bonchev–Trinajstić information content (AvgIpc) is 2.41. The Morgan fingerprint density at radius 3 is 2.38 bits per heavy atom. The molecule has 2 rings (SSSR count). The molecule has 0 aliphatic carbocycles. The zero-order valence-electron chi connectivity index (χ0n) is 12.9. The fourth-order valence-corrected chi connectivity index (χ4v) is 3.03. The highest BCUT2D eigenvalue weighted by atomic mass is 79.9. The Labute approximate surface area is 134 Å². The number of nitrogens with one attached hydrogen (secondary N) is 1. The molecular weight excluding hydrogens is 329 g/mol. The van der Waals surface area contributed by atoms with E-state index in [1.54, 1.807) is 6.07 Å². The van der Waals surface area contributed by atoms with Crippen LogP contribution in [0.5, 0.6) is 0 Å². The molecule has 1 unspecified atom stereocenters. The van der Waals surface area contributed by atoms with Crippen molar-refractivity contribution >= 4 is 15.9 Å². The molecule has 0 aliphatic rings. The van der Waals surface area contributed by atoms with E-state index in [1.807, 2.05) is 26.0 Å². The highest BCUT2D eigenvalue weighted by Crippen LogP contribution is 2.30. The number of benzene rings is 2. The molecule has 0 bridgehead atoms. The van der Waals surface area contributed by atoms with Crippen LogP contribution in [0.25, 0.3) is 0 Å². The minimum atomic E-state index is -0.152. The minimum absolute atomic E-state index is 0.123. The molecule has 112 valence electrons. The molecule has 0 saturated carbocycles. The van der Waals surface area contributed by atoms with E-state index < -0.39 is 0 Å². The summed E-state index contributed by atoms with van der Waals surface area (Å²) in [6.07, 6.45) is 0. The molecule has 0 aromatic heterocycles. The van der Waals surface area contributed by atoms with Crippen LogP contribution in [0.3, 0.4) is 0 Å². The van der Waals surface area contributed by atoms with Crippen molar-refractivity contribution in [2.45, 2.75) is 33.7 Å². The van der Waals surface area contributed by atoms with Crippen molar-refractivity contribution in [3.05, 3.63) is 68.4 Å². The number of hydrogen-bond acceptors (Lipinski definition) is 1. The first-order chi connectivity index (χ1) is 9.93. The lowest BCUT2D eigenvalue weighted by molar-refractivity contribution is 0.557. The van der Waals surface area contributed by atoms with Crippen molar-refractivity contribution in [1.29, 1.82) is 0 Å². The van der Waals surface area contributed by atoms with Crippen molar-refractivity contribution in [3.63, 3.8) is 0 Å². The summed E-state index contributed by atoms with van der Waals surface area (Å²) in [5, 5.41) is 3.41. The predicted molar refractivity (Wildman–Crippen MR) is 90.3 cm³/mol. The molecule has 0 saturated heterocycles. The lowest BCUT2D eigenvalue weighted by Gasteiger charge is -2.22. The van der Waals surface area contributed by atoms with Gasteiger partial charge in [0.15, 0.2) is 0 Å². The van der Waals surface area contributed by atoms with Gasteiger partial charge >= 0.3 is 0 Å². The van der Waals surface area contributed by atoms with Crippen LogP contribution < -0.4 is 5.32 Å². The summed E-state index contributed by atoms with van der Waals surface area (Å²) in [6.45, 7) is 8.86. The standard InChI is InChI=1S/C18H21BrFN/c1-5-21-18(14-7-6-11(2)8-17(14)20)15-9-13(4)16(19)10-12(15)3/h6-10,18,21H,5H2,1-4H3. The van der Waals surface area contributed by atoms with E-state index in [0.717, 1.165) is 33.3 Å². The molecule has 0 radical (unpaired) electrons. The lowest BCUT2D eigenvalue weighted by Crippen LogP contribution is -2.24. The topological polar surface area (TPSA) is 12.0 Å². The third kappa shape index (κ3) is 3.53. The largest absolute Gasteiger partial charge is 0.306 e. The van der Waals surface area contributed by atoms with Gasteiger partial charge in [-0.1, -0.05) is 41.1 Å². The lowest BCUT2D eigenvalue weighted by atomic mass is 9.92. The fourth-order valence-electron chi connectivity index (χ4n) is 2.57. The Hall–Kier alpha value is -1.19. The second-order valence-corrected chi connectivity index (χ2v) is 6.33. The third-order valence-electron chi connectivity index (χ3n) is 3.73. The summed E-state index contributed by atoms with van der Waals surface area (Å²) in [6, 6.07) is 9.55. The SMILES string of the molecule is CCNC(c1cc(C)c(Br)cc1C)c1ccc(C)cc1F. The third-order valence-corrected chi connectivity index (χ3v) is 4.59. The Bertz CT molecular complexity index is 652. The van der Waals surface area contributed by atoms with E-state index >= 15 is 0 Å². The maximum Gasteiger partial charge on any atom is 0.128 e. The number of rotatable bonds is 4. The summed E-state index contributed by atoms with van der Waals surface area (Å²) in [4.78, 5) is 0. The van der Waals surface area contributed by atoms with Gasteiger partial charge in [0.2, 0.25) is 0 Å². The normalized spacial score (nSPS) is 12.5. The molecule has 2 aromatic rings. The number of aryl methyl sites for hydroxylation is 3. The summed E-state index contributed by atoms with van der Waals surface area (Å²) < 4.78 is 15.5. The zero-order valence-corrected chi connectivity index (χ0v) is 14.5. The molecule has 0 spiro atoms. The first-order valence-corrected chi connectivity index (χ1v) is 7.99. The first kappa shape index (κ1) is 16.2. The molecule has 0 heterocycles. The van der Waals surface area contributed by atoms with Crippen LogP contribution in [-0.4, -0.2) is 6.54 Å². The molecule has 0 aliphatic heterocycles. The van der Waals surface area contributed by atoms with Gasteiger partial charge in [0, 0.05) is 10.0 Å². The quantitative estimate of drug-likeness (QED) is 0.798. The predicted octanol–water partition coefficient (Wildman–Crippen LogP) is 5.21. The van der Waals surface area contributed by atoms with Crippen LogP contribution in [0.2, 0.25) is 0 Å². The zero-order chi connectivity index (χ0) is 15.6. The van der Waals surface area contributed by atoms with Gasteiger partial charge in [-0.15, -0.1) is 0 Å². The second-order valence-electron chi connectivity index (χ2n) is 5.47. The molecule has 0 fully saturated rings. The van der Waals surface area contributed by atoms with Gasteiger partial charge in [-0.3, -0.25) is 0 Å². The van der Waals surface area contributed by atoms with E-state index in [1.165, 1.54) is 0 Å². The highest BCUT2D eigenvalue weighted by Gasteiger charge is 2.19. The van der Waals surface area contributed by atoms with E-state index in [2.05, 4.69) is 47.2 Å². The van der Waals surface area contributed by atoms with Gasteiger partial charge in [-0.2, -0.15) is 0 Å². The Morgan fingerprint density at radius 2 is 1.76 bits per heavy atom. The summed E-state index contributed by atoms with van der Waals surface area (Å²) in [7, 11) is 0. The molecule has 0 amide bonds. The van der Waals surface area contributed by atoms with Crippen LogP contribution in [0, 0.1) is 26.6 Å². The van der Waals surface area contributed by atoms with Crippen LogP contribution in [-0.2, 0) is 0 Å². The molecule has 1 nitrogen and oxygen atoms in total. The average molecular weight is 350 g/mol. The summed E-state index contributed by atoms with van der Waals surface area (Å²) in [5.41, 5.74) is 5.08. The van der Waals surface area contributed by atoms with Crippen molar-refractivity contribution in [2.75, 3.05) is 6.54 Å². The Morgan fingerprint density at radius 1 is 1.05 bits per heavy atom. The van der Waals surface area contributed by atoms with Gasteiger partial charge in [0.05, 0.1) is 6.04 Å². The van der Waals surface area contributed by atoms with Gasteiger partial charge < -0.3 is 5.32 Å².